The Kier molecular flexibility index (Phi) is 26.6. The van der Waals surface area contributed by atoms with Gasteiger partial charge >= 0.3 is 0 Å². The van der Waals surface area contributed by atoms with Crippen molar-refractivity contribution in [3.63, 3.8) is 0 Å². The summed E-state index contributed by atoms with van der Waals surface area (Å²) < 4.78 is 13.5. The lowest BCUT2D eigenvalue weighted by Gasteiger charge is -2.29. The van der Waals surface area contributed by atoms with Crippen molar-refractivity contribution in [2.75, 3.05) is 6.61 Å². The first kappa shape index (κ1) is 42.0. The molecule has 0 bridgehead atoms. The van der Waals surface area contributed by atoms with Crippen LogP contribution in [-0.2, 0) is 9.47 Å². The number of rotatable bonds is 31. The van der Waals surface area contributed by atoms with Crippen LogP contribution in [0.2, 0.25) is 0 Å². The van der Waals surface area contributed by atoms with Crippen molar-refractivity contribution >= 4 is 0 Å². The maximum absolute atomic E-state index is 9.75. The van der Waals surface area contributed by atoms with Gasteiger partial charge in [0.25, 0.3) is 0 Å². The number of hydrogen-bond acceptors (Lipinski definition) is 3. The second-order valence-corrected chi connectivity index (χ2v) is 14.8. The number of unbranched alkanes of at least 4 members (excludes halogenated alkanes) is 18. The van der Waals surface area contributed by atoms with E-state index in [2.05, 4.69) is 62.5 Å². The normalized spacial score (nSPS) is 21.3. The zero-order valence-corrected chi connectivity index (χ0v) is 31.3. The molecule has 1 N–H and O–H groups in total. The van der Waals surface area contributed by atoms with E-state index in [4.69, 9.17) is 9.47 Å². The molecule has 2 aliphatic rings. The molecule has 3 atom stereocenters. The molecule has 3 heteroatoms. The lowest BCUT2D eigenvalue weighted by atomic mass is 9.86. The zero-order valence-electron chi connectivity index (χ0n) is 31.3. The van der Waals surface area contributed by atoms with Crippen molar-refractivity contribution in [1.29, 1.82) is 0 Å². The van der Waals surface area contributed by atoms with E-state index >= 15 is 0 Å². The predicted molar refractivity (Wildman–Crippen MR) is 205 cm³/mol. The number of aliphatic hydroxyl groups is 1. The van der Waals surface area contributed by atoms with Crippen LogP contribution >= 0.6 is 0 Å². The summed E-state index contributed by atoms with van der Waals surface area (Å²) in [5.74, 6) is 0.0174. The molecule has 1 saturated carbocycles. The van der Waals surface area contributed by atoms with E-state index in [1.54, 1.807) is 0 Å². The summed E-state index contributed by atoms with van der Waals surface area (Å²) >= 11 is 0. The molecular weight excluding hydrogens is 576 g/mol. The SMILES string of the molecule is CCCCC/C=C\C/C=C\CCCCCCCCC1(CCCCCCCC/C=C\C/C=C\CCCCC)O[C@H]2CC[C@@H](CO)C[C@H]2O1. The predicted octanol–water partition coefficient (Wildman–Crippen LogP) is 13.7. The molecule has 0 aromatic rings. The molecule has 2 rings (SSSR count). The van der Waals surface area contributed by atoms with Crippen LogP contribution in [0.3, 0.4) is 0 Å². The summed E-state index contributed by atoms with van der Waals surface area (Å²) in [6, 6.07) is 0. The molecule has 0 spiro atoms. The highest BCUT2D eigenvalue weighted by Crippen LogP contribution is 2.44. The first-order chi connectivity index (χ1) is 23.2. The number of hydrogen-bond donors (Lipinski definition) is 1. The maximum Gasteiger partial charge on any atom is 0.169 e. The van der Waals surface area contributed by atoms with Gasteiger partial charge in [0.2, 0.25) is 0 Å². The molecule has 0 amide bonds. The molecule has 3 nitrogen and oxygen atoms in total. The molecule has 0 unspecified atom stereocenters. The van der Waals surface area contributed by atoms with Crippen LogP contribution < -0.4 is 0 Å². The van der Waals surface area contributed by atoms with Gasteiger partial charge in [-0.1, -0.05) is 140 Å². The van der Waals surface area contributed by atoms with Crippen molar-refractivity contribution in [2.24, 2.45) is 5.92 Å². The van der Waals surface area contributed by atoms with Gasteiger partial charge in [-0.2, -0.15) is 0 Å². The molecular formula is C44H78O3. The van der Waals surface area contributed by atoms with Gasteiger partial charge in [-0.3, -0.25) is 0 Å². The third-order valence-corrected chi connectivity index (χ3v) is 10.3. The Balaban J connectivity index is 1.56. The Labute approximate surface area is 293 Å². The Morgan fingerprint density at radius 3 is 1.34 bits per heavy atom. The highest BCUT2D eigenvalue weighted by molar-refractivity contribution is 4.94. The van der Waals surface area contributed by atoms with Crippen LogP contribution in [0.1, 0.15) is 200 Å². The van der Waals surface area contributed by atoms with Crippen molar-refractivity contribution in [3.05, 3.63) is 48.6 Å². The second kappa shape index (κ2) is 29.7. The molecule has 47 heavy (non-hydrogen) atoms. The smallest absolute Gasteiger partial charge is 0.169 e. The summed E-state index contributed by atoms with van der Waals surface area (Å²) in [7, 11) is 0. The Hall–Kier alpha value is -1.16. The monoisotopic (exact) mass is 655 g/mol. The van der Waals surface area contributed by atoms with Gasteiger partial charge < -0.3 is 14.6 Å². The second-order valence-electron chi connectivity index (χ2n) is 14.8. The average Bonchev–Trinajstić information content (AvgIpc) is 3.45. The molecule has 272 valence electrons. The lowest BCUT2D eigenvalue weighted by molar-refractivity contribution is -0.186. The van der Waals surface area contributed by atoms with E-state index in [-0.39, 0.29) is 24.6 Å². The Bertz CT molecular complexity index is 763. The topological polar surface area (TPSA) is 38.7 Å². The fourth-order valence-electron chi connectivity index (χ4n) is 7.31. The van der Waals surface area contributed by atoms with E-state index in [9.17, 15) is 5.11 Å². The molecule has 1 saturated heterocycles. The van der Waals surface area contributed by atoms with Crippen LogP contribution in [0.4, 0.5) is 0 Å². The molecule has 1 aliphatic carbocycles. The fourth-order valence-corrected chi connectivity index (χ4v) is 7.31. The number of fused-ring (bicyclic) bond motifs is 1. The van der Waals surface area contributed by atoms with Crippen molar-refractivity contribution < 1.29 is 14.6 Å². The molecule has 0 aromatic carbocycles. The average molecular weight is 655 g/mol. The minimum absolute atomic E-state index is 0.190. The van der Waals surface area contributed by atoms with Crippen LogP contribution in [-0.4, -0.2) is 29.7 Å². The van der Waals surface area contributed by atoms with Gasteiger partial charge in [0.1, 0.15) is 0 Å². The van der Waals surface area contributed by atoms with Crippen LogP contribution in [0, 0.1) is 5.92 Å². The summed E-state index contributed by atoms with van der Waals surface area (Å²) in [5, 5.41) is 9.75. The number of ether oxygens (including phenoxy) is 2. The van der Waals surface area contributed by atoms with Crippen LogP contribution in [0.15, 0.2) is 48.6 Å². The largest absolute Gasteiger partial charge is 0.396 e. The van der Waals surface area contributed by atoms with E-state index in [1.165, 1.54) is 141 Å². The number of aliphatic hydroxyl groups excluding tert-OH is 1. The van der Waals surface area contributed by atoms with E-state index in [0.29, 0.717) is 5.92 Å². The Morgan fingerprint density at radius 1 is 0.489 bits per heavy atom. The molecule has 2 fully saturated rings. The maximum atomic E-state index is 9.75. The zero-order chi connectivity index (χ0) is 33.5. The third-order valence-electron chi connectivity index (χ3n) is 10.3. The summed E-state index contributed by atoms with van der Waals surface area (Å²) in [6.45, 7) is 4.82. The first-order valence-corrected chi connectivity index (χ1v) is 20.8. The van der Waals surface area contributed by atoms with E-state index < -0.39 is 0 Å². The van der Waals surface area contributed by atoms with Gasteiger partial charge in [-0.05, 0) is 102 Å². The molecule has 0 aromatic heterocycles. The van der Waals surface area contributed by atoms with E-state index in [1.807, 2.05) is 0 Å². The van der Waals surface area contributed by atoms with Crippen molar-refractivity contribution in [2.45, 2.75) is 218 Å². The minimum Gasteiger partial charge on any atom is -0.396 e. The van der Waals surface area contributed by atoms with Crippen molar-refractivity contribution in [3.8, 4) is 0 Å². The van der Waals surface area contributed by atoms with Crippen LogP contribution in [0.5, 0.6) is 0 Å². The highest BCUT2D eigenvalue weighted by atomic mass is 16.8. The summed E-state index contributed by atoms with van der Waals surface area (Å²) in [4.78, 5) is 0. The highest BCUT2D eigenvalue weighted by Gasteiger charge is 2.48. The van der Waals surface area contributed by atoms with Gasteiger partial charge in [-0.15, -0.1) is 0 Å². The van der Waals surface area contributed by atoms with Gasteiger partial charge in [0.15, 0.2) is 5.79 Å². The van der Waals surface area contributed by atoms with Crippen LogP contribution in [0.25, 0.3) is 0 Å². The summed E-state index contributed by atoms with van der Waals surface area (Å²) in [5.41, 5.74) is 0. The molecule has 1 aliphatic heterocycles. The Morgan fingerprint density at radius 2 is 0.894 bits per heavy atom. The van der Waals surface area contributed by atoms with Gasteiger partial charge in [0.05, 0.1) is 12.2 Å². The quantitative estimate of drug-likeness (QED) is 0.0597. The fraction of sp³-hybridized carbons (Fsp3) is 0.818. The molecule has 1 heterocycles. The van der Waals surface area contributed by atoms with Gasteiger partial charge in [0, 0.05) is 19.4 Å². The molecule has 0 radical (unpaired) electrons. The lowest BCUT2D eigenvalue weighted by Crippen LogP contribution is -2.32. The van der Waals surface area contributed by atoms with Gasteiger partial charge in [-0.25, -0.2) is 0 Å². The van der Waals surface area contributed by atoms with E-state index in [0.717, 1.165) is 44.9 Å². The third kappa shape index (κ3) is 21.5. The number of allylic oxidation sites excluding steroid dienone is 8. The minimum atomic E-state index is -0.371. The first-order valence-electron chi connectivity index (χ1n) is 20.8. The standard InChI is InChI=1S/C44H78O3/c1-3-5-7-9-11-13-15-17-19-21-23-25-27-29-31-33-37-44(46-42-36-35-41(40-45)39-43(42)47-44)38-34-32-30-28-26-24-22-20-18-16-14-12-10-8-6-4-2/h11-14,17-20,41-43,45H,3-10,15-16,21-40H2,1-2H3/b13-11-,14-12-,19-17-,20-18-/t41-,42+,43-/m1/s1. The van der Waals surface area contributed by atoms with Crippen molar-refractivity contribution in [1.82, 2.24) is 0 Å². The summed E-state index contributed by atoms with van der Waals surface area (Å²) in [6.07, 6.45) is 55.1.